The molecule has 282 valence electrons. The number of nitrogens with one attached hydrogen (secondary N) is 2. The average Bonchev–Trinajstić information content (AvgIpc) is 3.92. The molecule has 1 aliphatic heterocycles. The average molecular weight is 762 g/mol. The Balaban J connectivity index is 0.966. The van der Waals surface area contributed by atoms with Crippen LogP contribution in [0.2, 0.25) is 0 Å². The molecule has 3 aromatic heterocycles. The molecule has 0 bridgehead atoms. The summed E-state index contributed by atoms with van der Waals surface area (Å²) in [4.78, 5) is 0. The summed E-state index contributed by atoms with van der Waals surface area (Å²) in [6, 6.07) is 64.9. The molecule has 0 saturated carbocycles. The van der Waals surface area contributed by atoms with Gasteiger partial charge in [0.2, 0.25) is 0 Å². The third-order valence-corrected chi connectivity index (χ3v) is 12.3. The Kier molecular flexibility index (Phi) is 7.65. The molecule has 59 heavy (non-hydrogen) atoms. The number of aromatic nitrogens is 1. The number of fused-ring (bicyclic) bond motifs is 9. The van der Waals surface area contributed by atoms with E-state index in [9.17, 15) is 0 Å². The van der Waals surface area contributed by atoms with Gasteiger partial charge in [0.15, 0.2) is 0 Å². The van der Waals surface area contributed by atoms with Crippen molar-refractivity contribution in [1.29, 1.82) is 0 Å². The van der Waals surface area contributed by atoms with Crippen LogP contribution in [0, 0.1) is 0 Å². The summed E-state index contributed by atoms with van der Waals surface area (Å²) < 4.78 is 15.5. The molecule has 8 aromatic carbocycles. The number of hydrogen-bond acceptors (Lipinski definition) is 4. The van der Waals surface area contributed by atoms with Crippen molar-refractivity contribution < 1.29 is 8.83 Å². The van der Waals surface area contributed by atoms with Crippen molar-refractivity contribution in [1.82, 2.24) is 15.2 Å². The predicted octanol–water partition coefficient (Wildman–Crippen LogP) is 14.0. The Hall–Kier alpha value is -7.34. The van der Waals surface area contributed by atoms with Crippen molar-refractivity contribution in [2.24, 2.45) is 0 Å². The van der Waals surface area contributed by atoms with E-state index in [2.05, 4.69) is 192 Å². The van der Waals surface area contributed by atoms with Crippen LogP contribution < -0.4 is 10.6 Å². The first-order chi connectivity index (χ1) is 29.1. The van der Waals surface area contributed by atoms with Crippen LogP contribution >= 0.6 is 0 Å². The quantitative estimate of drug-likeness (QED) is 0.183. The minimum atomic E-state index is -0.215. The molecule has 11 aromatic rings. The monoisotopic (exact) mass is 761 g/mol. The Morgan fingerprint density at radius 1 is 0.492 bits per heavy atom. The molecular formula is C54H39N3O2. The fraction of sp³-hybridized carbons (Fsp3) is 0.0741. The predicted molar refractivity (Wildman–Crippen MR) is 243 cm³/mol. The van der Waals surface area contributed by atoms with E-state index in [0.717, 1.165) is 83.9 Å². The highest BCUT2D eigenvalue weighted by atomic mass is 16.3. The Morgan fingerprint density at radius 3 is 2.00 bits per heavy atom. The zero-order chi connectivity index (χ0) is 39.0. The van der Waals surface area contributed by atoms with Gasteiger partial charge in [-0.3, -0.25) is 5.32 Å². The molecule has 0 amide bonds. The lowest BCUT2D eigenvalue weighted by Gasteiger charge is -2.26. The van der Waals surface area contributed by atoms with Crippen molar-refractivity contribution in [2.45, 2.75) is 25.6 Å². The number of nitrogens with zero attached hydrogens (tertiary/aromatic N) is 1. The summed E-state index contributed by atoms with van der Waals surface area (Å²) in [5, 5.41) is 15.0. The molecule has 0 fully saturated rings. The molecule has 0 spiro atoms. The van der Waals surface area contributed by atoms with Crippen LogP contribution in [-0.4, -0.2) is 4.57 Å². The highest BCUT2D eigenvalue weighted by Gasteiger charge is 2.28. The number of hydrogen-bond donors (Lipinski definition) is 2. The van der Waals surface area contributed by atoms with Gasteiger partial charge in [0.1, 0.15) is 28.5 Å². The second kappa shape index (κ2) is 13.4. The highest BCUT2D eigenvalue weighted by molar-refractivity contribution is 6.12. The fourth-order valence-electron chi connectivity index (χ4n) is 9.54. The van der Waals surface area contributed by atoms with Gasteiger partial charge in [-0.2, -0.15) is 0 Å². The topological polar surface area (TPSA) is 55.3 Å². The molecule has 12 rings (SSSR count). The molecule has 1 aliphatic rings. The standard InChI is InChI=1S/C54H39N3O2/c1-33-29-45(34-13-4-2-5-14-34)55-54(56-53(33)37-24-26-41-40-18-9-11-21-48(40)58-50(41)32-37)43-19-12-22-49-52(43)42-27-23-36(31-51(42)59-49)35-25-28-47-44(30-35)39-17-8-10-20-46(39)57(47)38-15-6-3-7-16-38/h2-28,30-32,45,54-56H,29H2,1H3. The molecule has 5 nitrogen and oxygen atoms in total. The molecule has 2 N–H and O–H groups in total. The highest BCUT2D eigenvalue weighted by Crippen LogP contribution is 2.41. The minimum Gasteiger partial charge on any atom is -0.456 e. The molecular weight excluding hydrogens is 723 g/mol. The molecule has 2 atom stereocenters. The van der Waals surface area contributed by atoms with E-state index in [-0.39, 0.29) is 12.2 Å². The third kappa shape index (κ3) is 5.50. The van der Waals surface area contributed by atoms with E-state index in [4.69, 9.17) is 8.83 Å². The van der Waals surface area contributed by atoms with Crippen molar-refractivity contribution >= 4 is 71.4 Å². The first-order valence-electron chi connectivity index (χ1n) is 20.4. The summed E-state index contributed by atoms with van der Waals surface area (Å²) >= 11 is 0. The molecule has 2 unspecified atom stereocenters. The van der Waals surface area contributed by atoms with Gasteiger partial charge in [0.05, 0.1) is 11.0 Å². The Morgan fingerprint density at radius 2 is 1.12 bits per heavy atom. The van der Waals surface area contributed by atoms with E-state index >= 15 is 0 Å². The second-order valence-electron chi connectivity index (χ2n) is 15.8. The van der Waals surface area contributed by atoms with Gasteiger partial charge in [-0.15, -0.1) is 0 Å². The van der Waals surface area contributed by atoms with Gasteiger partial charge >= 0.3 is 0 Å². The van der Waals surface area contributed by atoms with E-state index in [1.807, 2.05) is 12.1 Å². The van der Waals surface area contributed by atoms with Crippen LogP contribution in [0.15, 0.2) is 196 Å². The van der Waals surface area contributed by atoms with Crippen molar-refractivity contribution in [3.05, 3.63) is 204 Å². The Labute approximate surface area is 340 Å². The minimum absolute atomic E-state index is 0.0870. The van der Waals surface area contributed by atoms with Crippen LogP contribution in [0.25, 0.3) is 88.2 Å². The molecule has 5 heteroatoms. The first-order valence-corrected chi connectivity index (χ1v) is 20.4. The first kappa shape index (κ1) is 33.8. The van der Waals surface area contributed by atoms with Gasteiger partial charge in [0.25, 0.3) is 0 Å². The summed E-state index contributed by atoms with van der Waals surface area (Å²) in [7, 11) is 0. The van der Waals surface area contributed by atoms with E-state index in [1.165, 1.54) is 32.9 Å². The fourth-order valence-corrected chi connectivity index (χ4v) is 9.54. The van der Waals surface area contributed by atoms with Gasteiger partial charge in [0, 0.05) is 60.9 Å². The van der Waals surface area contributed by atoms with Crippen LogP contribution in [0.1, 0.15) is 42.2 Å². The number of benzene rings is 8. The lowest BCUT2D eigenvalue weighted by atomic mass is 9.97. The maximum absolute atomic E-state index is 6.73. The Bertz CT molecular complexity index is 3440. The smallest absolute Gasteiger partial charge is 0.136 e. The van der Waals surface area contributed by atoms with Crippen LogP contribution in [0.3, 0.4) is 0 Å². The van der Waals surface area contributed by atoms with Gasteiger partial charge in [-0.1, -0.05) is 115 Å². The SMILES string of the molecule is CC1=C(c2ccc3c(c2)oc2ccccc23)NC(c2cccc3oc4cc(-c5ccc6c(c5)c5ccccc5n6-c5ccccc5)ccc4c23)NC(c2ccccc2)C1. The number of para-hydroxylation sites is 3. The molecule has 0 radical (unpaired) electrons. The van der Waals surface area contributed by atoms with Crippen molar-refractivity contribution in [3.8, 4) is 16.8 Å². The zero-order valence-electron chi connectivity index (χ0n) is 32.4. The summed E-state index contributed by atoms with van der Waals surface area (Å²) in [5.41, 5.74) is 15.2. The van der Waals surface area contributed by atoms with E-state index in [0.29, 0.717) is 0 Å². The normalized spacial score (nSPS) is 16.2. The maximum Gasteiger partial charge on any atom is 0.136 e. The third-order valence-electron chi connectivity index (χ3n) is 12.3. The van der Waals surface area contributed by atoms with Crippen molar-refractivity contribution in [3.63, 3.8) is 0 Å². The maximum atomic E-state index is 6.73. The van der Waals surface area contributed by atoms with E-state index < -0.39 is 0 Å². The molecule has 4 heterocycles. The largest absolute Gasteiger partial charge is 0.456 e. The van der Waals surface area contributed by atoms with E-state index in [1.54, 1.807) is 0 Å². The molecule has 0 saturated heterocycles. The van der Waals surface area contributed by atoms with Crippen LogP contribution in [0.5, 0.6) is 0 Å². The number of furan rings is 2. The van der Waals surface area contributed by atoms with Crippen LogP contribution in [0.4, 0.5) is 0 Å². The van der Waals surface area contributed by atoms with Gasteiger partial charge in [-0.05, 0) is 102 Å². The number of rotatable bonds is 5. The summed E-state index contributed by atoms with van der Waals surface area (Å²) in [5.74, 6) is 0. The lowest BCUT2D eigenvalue weighted by molar-refractivity contribution is 0.433. The molecule has 0 aliphatic carbocycles. The van der Waals surface area contributed by atoms with Crippen LogP contribution in [-0.2, 0) is 0 Å². The summed E-state index contributed by atoms with van der Waals surface area (Å²) in [6.07, 6.45) is 0.633. The lowest BCUT2D eigenvalue weighted by Crippen LogP contribution is -2.34. The van der Waals surface area contributed by atoms with Gasteiger partial charge in [-0.25, -0.2) is 0 Å². The zero-order valence-corrected chi connectivity index (χ0v) is 32.4. The second-order valence-corrected chi connectivity index (χ2v) is 15.8. The van der Waals surface area contributed by atoms with Gasteiger partial charge < -0.3 is 18.7 Å². The summed E-state index contributed by atoms with van der Waals surface area (Å²) in [6.45, 7) is 2.25. The van der Waals surface area contributed by atoms with Crippen molar-refractivity contribution in [2.75, 3.05) is 0 Å².